The van der Waals surface area contributed by atoms with Crippen molar-refractivity contribution in [1.29, 1.82) is 0 Å². The number of hydrogen-bond acceptors (Lipinski definition) is 3. The van der Waals surface area contributed by atoms with Crippen LogP contribution in [0.3, 0.4) is 0 Å². The lowest BCUT2D eigenvalue weighted by Gasteiger charge is -2.13. The Labute approximate surface area is 151 Å². The Balaban J connectivity index is 0.00000264. The second-order valence-electron chi connectivity index (χ2n) is 5.18. The topological polar surface area (TPSA) is 54.3 Å². The number of hydrogen-bond donors (Lipinski definition) is 2. The summed E-state index contributed by atoms with van der Waals surface area (Å²) in [6, 6.07) is 8.72. The zero-order valence-electron chi connectivity index (χ0n) is 12.8. The van der Waals surface area contributed by atoms with Crippen LogP contribution in [-0.2, 0) is 13.6 Å². The zero-order valence-corrected chi connectivity index (χ0v) is 15.2. The second-order valence-corrected chi connectivity index (χ2v) is 6.00. The van der Waals surface area contributed by atoms with Gasteiger partial charge >= 0.3 is 0 Å². The molecular formula is C16H19Cl3N2O2. The number of rotatable bonds is 5. The van der Waals surface area contributed by atoms with Gasteiger partial charge in [0, 0.05) is 31.4 Å². The molecule has 0 spiro atoms. The molecule has 2 aromatic rings. The Morgan fingerprint density at radius 1 is 1.22 bits per heavy atom. The number of benzene rings is 1. The summed E-state index contributed by atoms with van der Waals surface area (Å²) in [7, 11) is 1.74. The minimum absolute atomic E-state index is 0. The van der Waals surface area contributed by atoms with Gasteiger partial charge in [0.05, 0.1) is 16.1 Å². The fraction of sp³-hybridized carbons (Fsp3) is 0.312. The van der Waals surface area contributed by atoms with Crippen LogP contribution in [0.1, 0.15) is 22.9 Å². The number of aromatic nitrogens is 1. The first-order valence-electron chi connectivity index (χ1n) is 6.89. The molecule has 0 saturated carbocycles. The monoisotopic (exact) mass is 376 g/mol. The first kappa shape index (κ1) is 20.0. The highest BCUT2D eigenvalue weighted by Crippen LogP contribution is 2.25. The number of pyridine rings is 1. The van der Waals surface area contributed by atoms with Crippen LogP contribution in [0.2, 0.25) is 10.0 Å². The lowest BCUT2D eigenvalue weighted by Crippen LogP contribution is -2.28. The minimum Gasteiger partial charge on any atom is -0.387 e. The normalized spacial score (nSPS) is 11.9. The maximum atomic E-state index is 12.0. The van der Waals surface area contributed by atoms with E-state index in [9.17, 15) is 9.90 Å². The number of aryl methyl sites for hydroxylation is 1. The van der Waals surface area contributed by atoms with E-state index in [1.165, 1.54) is 0 Å². The number of nitrogens with one attached hydrogen (secondary N) is 1. The molecule has 4 nitrogen and oxygen atoms in total. The highest BCUT2D eigenvalue weighted by Gasteiger charge is 2.10. The van der Waals surface area contributed by atoms with Crippen molar-refractivity contribution in [3.63, 3.8) is 0 Å². The van der Waals surface area contributed by atoms with Gasteiger partial charge in [-0.25, -0.2) is 0 Å². The van der Waals surface area contributed by atoms with Crippen molar-refractivity contribution in [3.05, 3.63) is 67.6 Å². The van der Waals surface area contributed by atoms with Crippen LogP contribution in [0, 0.1) is 6.92 Å². The van der Waals surface area contributed by atoms with Crippen molar-refractivity contribution < 1.29 is 5.11 Å². The van der Waals surface area contributed by atoms with E-state index in [4.69, 9.17) is 23.2 Å². The summed E-state index contributed by atoms with van der Waals surface area (Å²) in [5, 5.41) is 14.1. The van der Waals surface area contributed by atoms with E-state index in [1.807, 2.05) is 13.0 Å². The van der Waals surface area contributed by atoms with Gasteiger partial charge in [-0.15, -0.1) is 12.4 Å². The molecule has 0 amide bonds. The number of halogens is 3. The Hall–Kier alpha value is -1.04. The number of aliphatic hydroxyl groups is 1. The quantitative estimate of drug-likeness (QED) is 0.841. The molecule has 2 rings (SSSR count). The molecule has 0 fully saturated rings. The summed E-state index contributed by atoms with van der Waals surface area (Å²) in [5.41, 5.74) is 2.22. The molecule has 0 radical (unpaired) electrons. The van der Waals surface area contributed by atoms with Crippen LogP contribution < -0.4 is 10.9 Å². The molecule has 0 bridgehead atoms. The molecule has 7 heteroatoms. The largest absolute Gasteiger partial charge is 0.387 e. The fourth-order valence-corrected chi connectivity index (χ4v) is 2.40. The van der Waals surface area contributed by atoms with Gasteiger partial charge in [0.25, 0.3) is 5.56 Å². The SMILES string of the molecule is Cc1ccc(CNC[C@@H](O)c2ccc(Cl)c(Cl)c2)c(=O)n1C.Cl. The summed E-state index contributed by atoms with van der Waals surface area (Å²) < 4.78 is 1.60. The summed E-state index contributed by atoms with van der Waals surface area (Å²) in [6.07, 6.45) is -0.718. The highest BCUT2D eigenvalue weighted by molar-refractivity contribution is 6.42. The molecule has 1 heterocycles. The van der Waals surface area contributed by atoms with Crippen molar-refractivity contribution in [2.75, 3.05) is 6.54 Å². The molecule has 0 aliphatic heterocycles. The second kappa shape index (κ2) is 8.71. The highest BCUT2D eigenvalue weighted by atomic mass is 35.5. The van der Waals surface area contributed by atoms with E-state index < -0.39 is 6.10 Å². The maximum Gasteiger partial charge on any atom is 0.254 e. The molecule has 1 aromatic heterocycles. The Kier molecular flexibility index (Phi) is 7.58. The van der Waals surface area contributed by atoms with Crippen molar-refractivity contribution >= 4 is 35.6 Å². The third kappa shape index (κ3) is 4.96. The smallest absolute Gasteiger partial charge is 0.254 e. The summed E-state index contributed by atoms with van der Waals surface area (Å²) in [4.78, 5) is 12.0. The first-order valence-corrected chi connectivity index (χ1v) is 7.65. The van der Waals surface area contributed by atoms with Crippen LogP contribution in [0.5, 0.6) is 0 Å². The van der Waals surface area contributed by atoms with Gasteiger partial charge in [0.1, 0.15) is 0 Å². The molecule has 0 saturated heterocycles. The van der Waals surface area contributed by atoms with E-state index in [2.05, 4.69) is 5.32 Å². The lowest BCUT2D eigenvalue weighted by molar-refractivity contribution is 0.174. The predicted octanol–water partition coefficient (Wildman–Crippen LogP) is 3.25. The van der Waals surface area contributed by atoms with Gasteiger partial charge in [-0.2, -0.15) is 0 Å². The third-order valence-corrected chi connectivity index (χ3v) is 4.35. The Morgan fingerprint density at radius 2 is 1.91 bits per heavy atom. The summed E-state index contributed by atoms with van der Waals surface area (Å²) >= 11 is 11.8. The molecule has 2 N–H and O–H groups in total. The van der Waals surface area contributed by atoms with Gasteiger partial charge in [0.2, 0.25) is 0 Å². The van der Waals surface area contributed by atoms with Crippen LogP contribution in [0.25, 0.3) is 0 Å². The predicted molar refractivity (Wildman–Crippen MR) is 96.8 cm³/mol. The van der Waals surface area contributed by atoms with Gasteiger partial charge in [-0.3, -0.25) is 4.79 Å². The molecule has 1 atom stereocenters. The van der Waals surface area contributed by atoms with Crippen LogP contribution in [0.15, 0.2) is 35.1 Å². The molecule has 0 aliphatic carbocycles. The van der Waals surface area contributed by atoms with Crippen molar-refractivity contribution in [1.82, 2.24) is 9.88 Å². The minimum atomic E-state index is -0.718. The molecule has 1 aromatic carbocycles. The molecule has 126 valence electrons. The van der Waals surface area contributed by atoms with Gasteiger partial charge < -0.3 is 15.0 Å². The van der Waals surface area contributed by atoms with E-state index in [0.29, 0.717) is 34.3 Å². The van der Waals surface area contributed by atoms with Gasteiger partial charge in [-0.05, 0) is 30.7 Å². The standard InChI is InChI=1S/C16H18Cl2N2O2.ClH/c1-10-3-4-12(16(22)20(10)2)8-19-9-15(21)11-5-6-13(17)14(18)7-11;/h3-7,15,19,21H,8-9H2,1-2H3;1H/t15-;/m1./s1. The van der Waals surface area contributed by atoms with Crippen molar-refractivity contribution in [2.24, 2.45) is 7.05 Å². The van der Waals surface area contributed by atoms with E-state index >= 15 is 0 Å². The summed E-state index contributed by atoms with van der Waals surface area (Å²) in [5.74, 6) is 0. The van der Waals surface area contributed by atoms with Gasteiger partial charge in [0.15, 0.2) is 0 Å². The lowest BCUT2D eigenvalue weighted by atomic mass is 10.1. The van der Waals surface area contributed by atoms with Crippen LogP contribution >= 0.6 is 35.6 Å². The first-order chi connectivity index (χ1) is 10.4. The molecule has 0 unspecified atom stereocenters. The number of nitrogens with zero attached hydrogens (tertiary/aromatic N) is 1. The maximum absolute atomic E-state index is 12.0. The number of aliphatic hydroxyl groups excluding tert-OH is 1. The van der Waals surface area contributed by atoms with Gasteiger partial charge in [-0.1, -0.05) is 35.3 Å². The summed E-state index contributed by atoms with van der Waals surface area (Å²) in [6.45, 7) is 2.59. The molecule has 0 aliphatic rings. The Morgan fingerprint density at radius 3 is 2.57 bits per heavy atom. The zero-order chi connectivity index (χ0) is 16.3. The fourth-order valence-electron chi connectivity index (χ4n) is 2.10. The molecule has 23 heavy (non-hydrogen) atoms. The van der Waals surface area contributed by atoms with Crippen LogP contribution in [0.4, 0.5) is 0 Å². The third-order valence-electron chi connectivity index (χ3n) is 3.62. The van der Waals surface area contributed by atoms with Crippen molar-refractivity contribution in [3.8, 4) is 0 Å². The average molecular weight is 378 g/mol. The van der Waals surface area contributed by atoms with E-state index in [0.717, 1.165) is 5.69 Å². The van der Waals surface area contributed by atoms with E-state index in [1.54, 1.807) is 35.9 Å². The van der Waals surface area contributed by atoms with E-state index in [-0.39, 0.29) is 18.0 Å². The average Bonchev–Trinajstić information content (AvgIpc) is 2.50. The molecular weight excluding hydrogens is 359 g/mol. The van der Waals surface area contributed by atoms with Crippen LogP contribution in [-0.4, -0.2) is 16.2 Å². The Bertz CT molecular complexity index is 732. The van der Waals surface area contributed by atoms with Crippen molar-refractivity contribution in [2.45, 2.75) is 19.6 Å².